The fourth-order valence-corrected chi connectivity index (χ4v) is 4.21. The second-order valence-corrected chi connectivity index (χ2v) is 8.18. The highest BCUT2D eigenvalue weighted by atomic mass is 32.1. The molecule has 31 heavy (non-hydrogen) atoms. The molecular formula is C22H20F4N2O2S. The number of ether oxygens (including phenoxy) is 2. The molecule has 1 saturated heterocycles. The maximum atomic E-state index is 13.4. The van der Waals surface area contributed by atoms with E-state index in [0.29, 0.717) is 36.1 Å². The minimum Gasteiger partial charge on any atom is -0.488 e. The van der Waals surface area contributed by atoms with E-state index in [1.807, 2.05) is 0 Å². The van der Waals surface area contributed by atoms with Crippen LogP contribution in [-0.2, 0) is 24.1 Å². The number of rotatable bonds is 6. The predicted molar refractivity (Wildman–Crippen MR) is 109 cm³/mol. The molecule has 0 aliphatic carbocycles. The van der Waals surface area contributed by atoms with Crippen LogP contribution < -0.4 is 4.74 Å². The largest absolute Gasteiger partial charge is 0.488 e. The Kier molecular flexibility index (Phi) is 6.54. The van der Waals surface area contributed by atoms with Crippen LogP contribution in [0.1, 0.15) is 16.1 Å². The van der Waals surface area contributed by atoms with Crippen molar-refractivity contribution in [3.05, 3.63) is 70.5 Å². The average molecular weight is 452 g/mol. The molecule has 2 heterocycles. The maximum absolute atomic E-state index is 13.4. The zero-order valence-electron chi connectivity index (χ0n) is 16.5. The first-order valence-electron chi connectivity index (χ1n) is 9.73. The van der Waals surface area contributed by atoms with Crippen molar-refractivity contribution in [1.29, 1.82) is 0 Å². The molecule has 164 valence electrons. The zero-order chi connectivity index (χ0) is 21.8. The Morgan fingerprint density at radius 1 is 1.06 bits per heavy atom. The first kappa shape index (κ1) is 21.7. The fraction of sp³-hybridized carbons (Fsp3) is 0.318. The Balaban J connectivity index is 1.57. The lowest BCUT2D eigenvalue weighted by molar-refractivity contribution is -0.137. The summed E-state index contributed by atoms with van der Waals surface area (Å²) in [6, 6.07) is 10.9. The van der Waals surface area contributed by atoms with Crippen molar-refractivity contribution in [2.24, 2.45) is 0 Å². The van der Waals surface area contributed by atoms with Gasteiger partial charge in [0.15, 0.2) is 0 Å². The highest BCUT2D eigenvalue weighted by Crippen LogP contribution is 2.34. The van der Waals surface area contributed by atoms with Gasteiger partial charge in [-0.3, -0.25) is 4.90 Å². The second kappa shape index (κ2) is 9.33. The Labute approximate surface area is 181 Å². The number of hydrogen-bond acceptors (Lipinski definition) is 5. The highest BCUT2D eigenvalue weighted by Gasteiger charge is 2.30. The van der Waals surface area contributed by atoms with Gasteiger partial charge in [0.2, 0.25) is 0 Å². The van der Waals surface area contributed by atoms with E-state index < -0.39 is 11.7 Å². The van der Waals surface area contributed by atoms with Gasteiger partial charge < -0.3 is 9.47 Å². The topological polar surface area (TPSA) is 34.6 Å². The van der Waals surface area contributed by atoms with Gasteiger partial charge in [0.25, 0.3) is 0 Å². The lowest BCUT2D eigenvalue weighted by Crippen LogP contribution is -2.36. The van der Waals surface area contributed by atoms with Crippen LogP contribution in [0.4, 0.5) is 17.6 Å². The lowest BCUT2D eigenvalue weighted by Gasteiger charge is -2.26. The molecule has 9 heteroatoms. The van der Waals surface area contributed by atoms with Gasteiger partial charge in [-0.1, -0.05) is 18.2 Å². The summed E-state index contributed by atoms with van der Waals surface area (Å²) in [7, 11) is 0. The van der Waals surface area contributed by atoms with E-state index in [0.717, 1.165) is 35.8 Å². The molecule has 0 spiro atoms. The van der Waals surface area contributed by atoms with Crippen LogP contribution in [0.2, 0.25) is 0 Å². The van der Waals surface area contributed by atoms with Crippen molar-refractivity contribution >= 4 is 11.3 Å². The normalized spacial score (nSPS) is 15.2. The molecule has 1 aromatic heterocycles. The van der Waals surface area contributed by atoms with Crippen molar-refractivity contribution < 1.29 is 27.0 Å². The number of benzene rings is 2. The molecule has 1 aliphatic rings. The van der Waals surface area contributed by atoms with Crippen molar-refractivity contribution in [1.82, 2.24) is 9.88 Å². The lowest BCUT2D eigenvalue weighted by atomic mass is 10.1. The molecule has 0 amide bonds. The van der Waals surface area contributed by atoms with Crippen LogP contribution in [0, 0.1) is 5.82 Å². The van der Waals surface area contributed by atoms with Gasteiger partial charge in [-0.15, -0.1) is 11.3 Å². The third kappa shape index (κ3) is 5.61. The van der Waals surface area contributed by atoms with Crippen molar-refractivity contribution in [3.8, 4) is 16.3 Å². The molecule has 0 N–H and O–H groups in total. The van der Waals surface area contributed by atoms with Crippen LogP contribution >= 0.6 is 11.3 Å². The van der Waals surface area contributed by atoms with E-state index in [1.54, 1.807) is 12.1 Å². The standard InChI is InChI=1S/C22H20F4N2O2S/c23-17-2-1-3-18(12-17)30-14-20-19(13-28-8-10-29-11-9-28)27-21(31-20)15-4-6-16(7-5-15)22(24,25)26/h1-7,12H,8-11,13-14H2. The molecule has 0 atom stereocenters. The number of aromatic nitrogens is 1. The quantitative estimate of drug-likeness (QED) is 0.471. The number of thiazole rings is 1. The average Bonchev–Trinajstić information content (AvgIpc) is 3.15. The summed E-state index contributed by atoms with van der Waals surface area (Å²) in [6.07, 6.45) is -4.38. The summed E-state index contributed by atoms with van der Waals surface area (Å²) in [5.74, 6) is 0.0163. The van der Waals surface area contributed by atoms with Crippen molar-refractivity contribution in [2.45, 2.75) is 19.3 Å². The summed E-state index contributed by atoms with van der Waals surface area (Å²) in [6.45, 7) is 3.62. The maximum Gasteiger partial charge on any atom is 0.416 e. The third-order valence-corrected chi connectivity index (χ3v) is 6.00. The Morgan fingerprint density at radius 2 is 1.81 bits per heavy atom. The highest BCUT2D eigenvalue weighted by molar-refractivity contribution is 7.15. The van der Waals surface area contributed by atoms with Crippen LogP contribution in [0.25, 0.3) is 10.6 Å². The summed E-state index contributed by atoms with van der Waals surface area (Å²) >= 11 is 1.37. The number of alkyl halides is 3. The van der Waals surface area contributed by atoms with Crippen LogP contribution in [0.3, 0.4) is 0 Å². The summed E-state index contributed by atoms with van der Waals surface area (Å²) in [5, 5.41) is 0.620. The van der Waals surface area contributed by atoms with Gasteiger partial charge in [0.05, 0.1) is 29.3 Å². The van der Waals surface area contributed by atoms with Gasteiger partial charge in [-0.05, 0) is 24.3 Å². The smallest absolute Gasteiger partial charge is 0.416 e. The molecule has 0 radical (unpaired) electrons. The Morgan fingerprint density at radius 3 is 2.48 bits per heavy atom. The van der Waals surface area contributed by atoms with E-state index in [1.165, 1.54) is 35.6 Å². The third-order valence-electron chi connectivity index (χ3n) is 4.88. The van der Waals surface area contributed by atoms with Crippen molar-refractivity contribution in [2.75, 3.05) is 26.3 Å². The molecule has 1 fully saturated rings. The Hall–Kier alpha value is -2.49. The fourth-order valence-electron chi connectivity index (χ4n) is 3.22. The second-order valence-electron chi connectivity index (χ2n) is 7.10. The Bertz CT molecular complexity index is 1020. The first-order valence-corrected chi connectivity index (χ1v) is 10.5. The summed E-state index contributed by atoms with van der Waals surface area (Å²) in [5.41, 5.74) is 0.715. The number of halogens is 4. The van der Waals surface area contributed by atoms with E-state index in [9.17, 15) is 17.6 Å². The van der Waals surface area contributed by atoms with Gasteiger partial charge in [-0.25, -0.2) is 9.37 Å². The molecule has 4 rings (SSSR count). The molecule has 0 unspecified atom stereocenters. The van der Waals surface area contributed by atoms with Gasteiger partial charge in [-0.2, -0.15) is 13.2 Å². The number of morpholine rings is 1. The molecule has 1 aliphatic heterocycles. The summed E-state index contributed by atoms with van der Waals surface area (Å²) in [4.78, 5) is 7.76. The molecule has 0 bridgehead atoms. The van der Waals surface area contributed by atoms with Gasteiger partial charge in [0.1, 0.15) is 23.2 Å². The molecule has 3 aromatic rings. The molecule has 4 nitrogen and oxygen atoms in total. The molecular weight excluding hydrogens is 432 g/mol. The predicted octanol–water partition coefficient (Wildman–Crippen LogP) is 5.38. The van der Waals surface area contributed by atoms with Crippen molar-refractivity contribution in [3.63, 3.8) is 0 Å². The minimum atomic E-state index is -4.38. The first-order chi connectivity index (χ1) is 14.9. The van der Waals surface area contributed by atoms with E-state index in [-0.39, 0.29) is 12.4 Å². The minimum absolute atomic E-state index is 0.196. The molecule has 2 aromatic carbocycles. The van der Waals surface area contributed by atoms with Crippen LogP contribution in [-0.4, -0.2) is 36.2 Å². The van der Waals surface area contributed by atoms with Crippen LogP contribution in [0.5, 0.6) is 5.75 Å². The number of nitrogens with zero attached hydrogens (tertiary/aromatic N) is 2. The SMILES string of the molecule is Fc1cccc(OCc2sc(-c3ccc(C(F)(F)F)cc3)nc2CN2CCOCC2)c1. The van der Waals surface area contributed by atoms with E-state index in [4.69, 9.17) is 14.5 Å². The van der Waals surface area contributed by atoms with E-state index >= 15 is 0 Å². The zero-order valence-corrected chi connectivity index (χ0v) is 17.3. The summed E-state index contributed by atoms with van der Waals surface area (Å²) < 4.78 is 63.2. The van der Waals surface area contributed by atoms with Gasteiger partial charge in [0, 0.05) is 31.3 Å². The van der Waals surface area contributed by atoms with Crippen LogP contribution in [0.15, 0.2) is 48.5 Å². The number of hydrogen-bond donors (Lipinski definition) is 0. The van der Waals surface area contributed by atoms with E-state index in [2.05, 4.69) is 4.90 Å². The molecule has 0 saturated carbocycles. The van der Waals surface area contributed by atoms with Gasteiger partial charge >= 0.3 is 6.18 Å². The monoisotopic (exact) mass is 452 g/mol.